The van der Waals surface area contributed by atoms with Gasteiger partial charge < -0.3 is 5.21 Å². The molecule has 0 atom stereocenters. The maximum absolute atomic E-state index is 11.9. The largest absolute Gasteiger partial charge is 0.594 e. The fraction of sp³-hybridized carbons (Fsp3) is 0. The third-order valence-corrected chi connectivity index (χ3v) is 3.27. The maximum atomic E-state index is 11.9. The second-order valence-electron chi connectivity index (χ2n) is 4.53. The average Bonchev–Trinajstić information content (AvgIpc) is 2.93. The minimum absolute atomic E-state index is 0.503. The van der Waals surface area contributed by atoms with Gasteiger partial charge in [0.05, 0.1) is 5.69 Å². The molecule has 0 unspecified atom stereocenters. The van der Waals surface area contributed by atoms with E-state index in [0.29, 0.717) is 16.0 Å². The molecule has 20 heavy (non-hydrogen) atoms. The fourth-order valence-corrected chi connectivity index (χ4v) is 2.32. The van der Waals surface area contributed by atoms with Crippen LogP contribution >= 0.6 is 0 Å². The Balaban J connectivity index is 2.07. The molecule has 5 heteroatoms. The Kier molecular flexibility index (Phi) is 2.20. The molecule has 0 amide bonds. The van der Waals surface area contributed by atoms with Gasteiger partial charge in [-0.05, 0) is 10.9 Å². The molecule has 0 saturated carbocycles. The summed E-state index contributed by atoms with van der Waals surface area (Å²) in [6, 6.07) is 18.9. The first-order valence-corrected chi connectivity index (χ1v) is 6.27. The summed E-state index contributed by atoms with van der Waals surface area (Å²) in [5.74, 6) is 0. The summed E-state index contributed by atoms with van der Waals surface area (Å²) < 4.78 is 1.70. The SMILES string of the molecule is [O-][n+]1nc2cc(-c3ccccc3)nn2c2ccccc21. The summed E-state index contributed by atoms with van der Waals surface area (Å²) >= 11 is 0. The number of nitrogens with zero attached hydrogens (tertiary/aromatic N) is 4. The zero-order chi connectivity index (χ0) is 13.5. The van der Waals surface area contributed by atoms with E-state index in [2.05, 4.69) is 10.2 Å². The van der Waals surface area contributed by atoms with Crippen molar-refractivity contribution in [1.29, 1.82) is 0 Å². The number of fused-ring (bicyclic) bond motifs is 3. The van der Waals surface area contributed by atoms with E-state index < -0.39 is 0 Å². The molecule has 0 aliphatic rings. The molecule has 5 nitrogen and oxygen atoms in total. The summed E-state index contributed by atoms with van der Waals surface area (Å²) in [7, 11) is 0. The lowest BCUT2D eigenvalue weighted by Crippen LogP contribution is -2.32. The lowest BCUT2D eigenvalue weighted by atomic mass is 10.2. The van der Waals surface area contributed by atoms with Crippen LogP contribution in [0, 0.1) is 5.21 Å². The van der Waals surface area contributed by atoms with Crippen LogP contribution in [0.3, 0.4) is 0 Å². The van der Waals surface area contributed by atoms with Crippen molar-refractivity contribution in [3.8, 4) is 11.3 Å². The van der Waals surface area contributed by atoms with Crippen LogP contribution in [-0.4, -0.2) is 14.7 Å². The number of benzene rings is 2. The Morgan fingerprint density at radius 1 is 0.950 bits per heavy atom. The van der Waals surface area contributed by atoms with Crippen molar-refractivity contribution in [2.45, 2.75) is 0 Å². The Morgan fingerprint density at radius 2 is 1.70 bits per heavy atom. The molecule has 0 radical (unpaired) electrons. The zero-order valence-corrected chi connectivity index (χ0v) is 10.5. The van der Waals surface area contributed by atoms with E-state index in [1.165, 1.54) is 0 Å². The topological polar surface area (TPSA) is 57.1 Å². The van der Waals surface area contributed by atoms with Gasteiger partial charge in [-0.1, -0.05) is 42.5 Å². The second-order valence-corrected chi connectivity index (χ2v) is 4.53. The molecule has 2 aromatic heterocycles. The highest BCUT2D eigenvalue weighted by molar-refractivity contribution is 5.75. The fourth-order valence-electron chi connectivity index (χ4n) is 2.32. The Bertz CT molecular complexity index is 915. The third kappa shape index (κ3) is 1.53. The van der Waals surface area contributed by atoms with Crippen molar-refractivity contribution >= 4 is 16.7 Å². The summed E-state index contributed by atoms with van der Waals surface area (Å²) in [6.07, 6.45) is 0. The molecule has 2 heterocycles. The summed E-state index contributed by atoms with van der Waals surface area (Å²) in [5.41, 5.74) is 3.59. The van der Waals surface area contributed by atoms with Crippen molar-refractivity contribution < 1.29 is 4.85 Å². The van der Waals surface area contributed by atoms with E-state index in [-0.39, 0.29) is 0 Å². The highest BCUT2D eigenvalue weighted by Crippen LogP contribution is 2.20. The molecule has 96 valence electrons. The minimum atomic E-state index is 0.503. The van der Waals surface area contributed by atoms with Gasteiger partial charge in [0.1, 0.15) is 5.52 Å². The predicted molar refractivity (Wildman–Crippen MR) is 74.9 cm³/mol. The van der Waals surface area contributed by atoms with Gasteiger partial charge in [-0.15, -0.1) is 0 Å². The molecule has 4 rings (SSSR count). The van der Waals surface area contributed by atoms with Gasteiger partial charge in [0.15, 0.2) is 0 Å². The van der Waals surface area contributed by atoms with Crippen LogP contribution in [0.15, 0.2) is 60.7 Å². The van der Waals surface area contributed by atoms with E-state index in [4.69, 9.17) is 0 Å². The third-order valence-electron chi connectivity index (χ3n) is 3.27. The van der Waals surface area contributed by atoms with Gasteiger partial charge in [0, 0.05) is 22.8 Å². The first-order chi connectivity index (χ1) is 9.83. The second kappa shape index (κ2) is 4.03. The van der Waals surface area contributed by atoms with Crippen molar-refractivity contribution in [3.05, 3.63) is 65.9 Å². The number of rotatable bonds is 1. The van der Waals surface area contributed by atoms with Crippen molar-refractivity contribution in [2.24, 2.45) is 0 Å². The van der Waals surface area contributed by atoms with Gasteiger partial charge in [0.2, 0.25) is 5.65 Å². The van der Waals surface area contributed by atoms with Crippen LogP contribution in [0.5, 0.6) is 0 Å². The maximum Gasteiger partial charge on any atom is 0.270 e. The van der Waals surface area contributed by atoms with Crippen LogP contribution < -0.4 is 4.85 Å². The Labute approximate surface area is 114 Å². The molecule has 0 aliphatic carbocycles. The quantitative estimate of drug-likeness (QED) is 0.390. The van der Waals surface area contributed by atoms with E-state index in [0.717, 1.165) is 16.8 Å². The first-order valence-electron chi connectivity index (χ1n) is 6.27. The number of hydrogen-bond donors (Lipinski definition) is 0. The predicted octanol–water partition coefficient (Wildman–Crippen LogP) is 2.18. The average molecular weight is 262 g/mol. The standard InChI is InChI=1S/C15H10N4O/c20-19-14-9-5-4-8-13(14)18-15(17-19)10-12(16-18)11-6-2-1-3-7-11/h1-10H. The van der Waals surface area contributed by atoms with Crippen molar-refractivity contribution in [1.82, 2.24) is 14.7 Å². The normalized spacial score (nSPS) is 11.2. The highest BCUT2D eigenvalue weighted by atomic mass is 16.5. The lowest BCUT2D eigenvalue weighted by molar-refractivity contribution is -0.640. The smallest absolute Gasteiger partial charge is 0.270 e. The number of aromatic nitrogens is 4. The van der Waals surface area contributed by atoms with Gasteiger partial charge >= 0.3 is 0 Å². The van der Waals surface area contributed by atoms with E-state index in [1.54, 1.807) is 10.6 Å². The van der Waals surface area contributed by atoms with Crippen LogP contribution in [0.1, 0.15) is 0 Å². The molecule has 0 fully saturated rings. The van der Waals surface area contributed by atoms with Gasteiger partial charge in [-0.25, -0.2) is 4.52 Å². The van der Waals surface area contributed by atoms with Gasteiger partial charge in [-0.2, -0.15) is 5.10 Å². The van der Waals surface area contributed by atoms with E-state index in [9.17, 15) is 5.21 Å². The molecule has 4 aromatic rings. The highest BCUT2D eigenvalue weighted by Gasteiger charge is 2.14. The molecule has 0 saturated heterocycles. The first kappa shape index (κ1) is 10.9. The molecular weight excluding hydrogens is 252 g/mol. The lowest BCUT2D eigenvalue weighted by Gasteiger charge is -2.00. The number of hydrogen-bond acceptors (Lipinski definition) is 3. The van der Waals surface area contributed by atoms with Crippen LogP contribution in [0.4, 0.5) is 0 Å². The summed E-state index contributed by atoms with van der Waals surface area (Å²) in [6.45, 7) is 0. The van der Waals surface area contributed by atoms with Crippen molar-refractivity contribution in [2.75, 3.05) is 0 Å². The summed E-state index contributed by atoms with van der Waals surface area (Å²) in [4.78, 5) is 0.640. The Morgan fingerprint density at radius 3 is 2.55 bits per heavy atom. The monoisotopic (exact) mass is 262 g/mol. The minimum Gasteiger partial charge on any atom is -0.594 e. The molecule has 2 aromatic carbocycles. The van der Waals surface area contributed by atoms with Crippen LogP contribution in [-0.2, 0) is 0 Å². The van der Waals surface area contributed by atoms with E-state index >= 15 is 0 Å². The number of para-hydroxylation sites is 2. The summed E-state index contributed by atoms with van der Waals surface area (Å²) in [5, 5.41) is 20.5. The van der Waals surface area contributed by atoms with Crippen LogP contribution in [0.2, 0.25) is 0 Å². The molecule has 0 bridgehead atoms. The van der Waals surface area contributed by atoms with E-state index in [1.807, 2.05) is 54.6 Å². The molecule has 0 spiro atoms. The van der Waals surface area contributed by atoms with Gasteiger partial charge in [-0.3, -0.25) is 0 Å². The van der Waals surface area contributed by atoms with Crippen molar-refractivity contribution in [3.63, 3.8) is 0 Å². The molecule has 0 N–H and O–H groups in total. The van der Waals surface area contributed by atoms with Crippen LogP contribution in [0.25, 0.3) is 27.9 Å². The molecule has 0 aliphatic heterocycles. The zero-order valence-electron chi connectivity index (χ0n) is 10.5. The Hall–Kier alpha value is -2.95. The van der Waals surface area contributed by atoms with Gasteiger partial charge in [0.25, 0.3) is 5.52 Å². The molecular formula is C15H10N4O.